The molecular weight excluding hydrogens is 254 g/mol. The average molecular weight is 271 g/mol. The third-order valence-corrected chi connectivity index (χ3v) is 2.08. The number of aliphatic hydroxyl groups excluding tert-OH is 2. The van der Waals surface area contributed by atoms with Crippen molar-refractivity contribution < 1.29 is 24.9 Å². The van der Waals surface area contributed by atoms with Gasteiger partial charge >= 0.3 is 5.97 Å². The van der Waals surface area contributed by atoms with E-state index < -0.39 is 11.9 Å². The molecule has 8 nitrogen and oxygen atoms in total. The van der Waals surface area contributed by atoms with Crippen molar-refractivity contribution in [3.63, 3.8) is 0 Å². The summed E-state index contributed by atoms with van der Waals surface area (Å²) in [5, 5.41) is 37.1. The Morgan fingerprint density at radius 2 is 1.84 bits per heavy atom. The molecule has 0 saturated heterocycles. The highest BCUT2D eigenvalue weighted by molar-refractivity contribution is 5.97. The van der Waals surface area contributed by atoms with Gasteiger partial charge in [-0.15, -0.1) is 0 Å². The Morgan fingerprint density at radius 1 is 1.26 bits per heavy atom. The fourth-order valence-corrected chi connectivity index (χ4v) is 1.20. The smallest absolute Gasteiger partial charge is 0.305 e. The molecule has 0 aliphatic heterocycles. The third-order valence-electron chi connectivity index (χ3n) is 2.08. The first-order valence-electron chi connectivity index (χ1n) is 5.62. The second-order valence-electron chi connectivity index (χ2n) is 3.54. The van der Waals surface area contributed by atoms with E-state index in [-0.39, 0.29) is 44.8 Å². The normalized spacial score (nSPS) is 10.7. The van der Waals surface area contributed by atoms with Crippen LogP contribution in [0.25, 0.3) is 0 Å². The van der Waals surface area contributed by atoms with E-state index in [0.29, 0.717) is 0 Å². The van der Waals surface area contributed by atoms with Crippen molar-refractivity contribution in [1.29, 1.82) is 5.26 Å². The highest BCUT2D eigenvalue weighted by Crippen LogP contribution is 1.98. The topological polar surface area (TPSA) is 134 Å². The van der Waals surface area contributed by atoms with E-state index >= 15 is 0 Å². The number of aliphatic hydroxyl groups is 2. The molecular formula is C11H17N3O5. The summed E-state index contributed by atoms with van der Waals surface area (Å²) in [6, 6.07) is 1.68. The Bertz CT molecular complexity index is 369. The quantitative estimate of drug-likeness (QED) is 0.289. The maximum atomic E-state index is 11.6. The number of carboxylic acid groups (broad SMARTS) is 1. The lowest BCUT2D eigenvalue weighted by Crippen LogP contribution is -2.30. The predicted molar refractivity (Wildman–Crippen MR) is 64.7 cm³/mol. The van der Waals surface area contributed by atoms with Crippen molar-refractivity contribution >= 4 is 11.9 Å². The molecule has 0 unspecified atom stereocenters. The lowest BCUT2D eigenvalue weighted by atomic mass is 10.2. The highest BCUT2D eigenvalue weighted by atomic mass is 16.4. The fourth-order valence-electron chi connectivity index (χ4n) is 1.20. The number of rotatable bonds is 9. The minimum atomic E-state index is -1.05. The van der Waals surface area contributed by atoms with Gasteiger partial charge in [-0.1, -0.05) is 0 Å². The van der Waals surface area contributed by atoms with E-state index in [0.717, 1.165) is 0 Å². The summed E-state index contributed by atoms with van der Waals surface area (Å²) in [5.41, 5.74) is -0.215. The lowest BCUT2D eigenvalue weighted by molar-refractivity contribution is -0.136. The van der Waals surface area contributed by atoms with Crippen molar-refractivity contribution in [1.82, 2.24) is 10.2 Å². The van der Waals surface area contributed by atoms with Crippen LogP contribution in [0.15, 0.2) is 11.8 Å². The Morgan fingerprint density at radius 3 is 2.26 bits per heavy atom. The summed E-state index contributed by atoms with van der Waals surface area (Å²) in [6.45, 7) is -0.0961. The number of nitriles is 1. The van der Waals surface area contributed by atoms with Gasteiger partial charge in [0.15, 0.2) is 0 Å². The summed E-state index contributed by atoms with van der Waals surface area (Å²) >= 11 is 0. The number of hydrogen-bond donors (Lipinski definition) is 4. The number of aliphatic carboxylic acids is 1. The molecule has 0 atom stereocenters. The van der Waals surface area contributed by atoms with Gasteiger partial charge in [0.2, 0.25) is 0 Å². The molecule has 8 heteroatoms. The molecule has 4 N–H and O–H groups in total. The van der Waals surface area contributed by atoms with Crippen molar-refractivity contribution in [2.75, 3.05) is 32.8 Å². The Kier molecular flexibility index (Phi) is 8.78. The predicted octanol–water partition coefficient (Wildman–Crippen LogP) is -1.73. The summed E-state index contributed by atoms with van der Waals surface area (Å²) in [7, 11) is 0. The maximum absolute atomic E-state index is 11.6. The molecule has 106 valence electrons. The molecule has 0 aromatic carbocycles. The molecule has 0 heterocycles. The zero-order valence-corrected chi connectivity index (χ0v) is 10.4. The first kappa shape index (κ1) is 16.9. The number of carbonyl (C=O) groups excluding carboxylic acids is 1. The molecule has 0 aliphatic carbocycles. The van der Waals surface area contributed by atoms with Crippen LogP contribution in [-0.4, -0.2) is 64.9 Å². The van der Waals surface area contributed by atoms with Crippen LogP contribution < -0.4 is 5.32 Å². The standard InChI is InChI=1S/C11H17N3O5/c12-7-9(8-14(3-5-15)4-6-16)11(19)13-2-1-10(17)18/h8,15-16H,1-6H2,(H,13,19)(H,17,18)/b9-8-. The molecule has 0 aromatic heterocycles. The van der Waals surface area contributed by atoms with E-state index in [4.69, 9.17) is 20.6 Å². The molecule has 0 fully saturated rings. The van der Waals surface area contributed by atoms with E-state index in [1.54, 1.807) is 6.07 Å². The van der Waals surface area contributed by atoms with Crippen LogP contribution in [0, 0.1) is 11.3 Å². The number of amides is 1. The van der Waals surface area contributed by atoms with Crippen LogP contribution in [0.3, 0.4) is 0 Å². The molecule has 19 heavy (non-hydrogen) atoms. The third kappa shape index (κ3) is 7.75. The van der Waals surface area contributed by atoms with Gasteiger partial charge in [-0.2, -0.15) is 5.26 Å². The van der Waals surface area contributed by atoms with E-state index in [2.05, 4.69) is 5.32 Å². The van der Waals surface area contributed by atoms with Crippen LogP contribution in [0.5, 0.6) is 0 Å². The van der Waals surface area contributed by atoms with Gasteiger partial charge in [0.05, 0.1) is 19.6 Å². The first-order chi connectivity index (χ1) is 9.04. The zero-order valence-electron chi connectivity index (χ0n) is 10.4. The summed E-state index contributed by atoms with van der Waals surface area (Å²) in [4.78, 5) is 23.3. The molecule has 0 rings (SSSR count). The van der Waals surface area contributed by atoms with Gasteiger partial charge in [0.25, 0.3) is 5.91 Å². The maximum Gasteiger partial charge on any atom is 0.305 e. The van der Waals surface area contributed by atoms with Gasteiger partial charge in [-0.05, 0) is 0 Å². The number of hydrogen-bond acceptors (Lipinski definition) is 6. The fraction of sp³-hybridized carbons (Fsp3) is 0.545. The molecule has 0 radical (unpaired) electrons. The molecule has 0 saturated carbocycles. The monoisotopic (exact) mass is 271 g/mol. The summed E-state index contributed by atoms with van der Waals surface area (Å²) in [6.07, 6.45) is 0.990. The van der Waals surface area contributed by atoms with Crippen molar-refractivity contribution in [2.24, 2.45) is 0 Å². The summed E-state index contributed by atoms with van der Waals surface area (Å²) in [5.74, 6) is -1.74. The Labute approximate surface area is 110 Å². The van der Waals surface area contributed by atoms with Crippen LogP contribution in [0.2, 0.25) is 0 Å². The van der Waals surface area contributed by atoms with E-state index in [1.165, 1.54) is 11.1 Å². The molecule has 0 spiro atoms. The first-order valence-corrected chi connectivity index (χ1v) is 5.62. The van der Waals surface area contributed by atoms with Gasteiger partial charge in [0, 0.05) is 25.8 Å². The Hall–Kier alpha value is -2.11. The lowest BCUT2D eigenvalue weighted by Gasteiger charge is -2.18. The van der Waals surface area contributed by atoms with Crippen LogP contribution in [0.1, 0.15) is 6.42 Å². The zero-order chi connectivity index (χ0) is 14.7. The minimum Gasteiger partial charge on any atom is -0.481 e. The molecule has 0 aliphatic rings. The van der Waals surface area contributed by atoms with E-state index in [1.807, 2.05) is 0 Å². The van der Waals surface area contributed by atoms with Crippen LogP contribution >= 0.6 is 0 Å². The Balaban J connectivity index is 4.55. The second kappa shape index (κ2) is 9.87. The largest absolute Gasteiger partial charge is 0.481 e. The van der Waals surface area contributed by atoms with Gasteiger partial charge < -0.3 is 25.5 Å². The van der Waals surface area contributed by atoms with Crippen molar-refractivity contribution in [3.05, 3.63) is 11.8 Å². The number of nitrogens with zero attached hydrogens (tertiary/aromatic N) is 2. The molecule has 0 bridgehead atoms. The minimum absolute atomic E-state index is 0.0762. The second-order valence-corrected chi connectivity index (χ2v) is 3.54. The SMILES string of the molecule is N#C/C(=C/N(CCO)CCO)C(=O)NCCC(=O)O. The van der Waals surface area contributed by atoms with Crippen LogP contribution in [0.4, 0.5) is 0 Å². The van der Waals surface area contributed by atoms with Gasteiger partial charge in [0.1, 0.15) is 11.6 Å². The van der Waals surface area contributed by atoms with Gasteiger partial charge in [-0.3, -0.25) is 9.59 Å². The highest BCUT2D eigenvalue weighted by Gasteiger charge is 2.11. The van der Waals surface area contributed by atoms with Crippen molar-refractivity contribution in [2.45, 2.75) is 6.42 Å². The summed E-state index contributed by atoms with van der Waals surface area (Å²) < 4.78 is 0. The van der Waals surface area contributed by atoms with Crippen molar-refractivity contribution in [3.8, 4) is 6.07 Å². The van der Waals surface area contributed by atoms with Crippen LogP contribution in [-0.2, 0) is 9.59 Å². The number of carboxylic acids is 1. The van der Waals surface area contributed by atoms with Gasteiger partial charge in [-0.25, -0.2) is 0 Å². The average Bonchev–Trinajstić information content (AvgIpc) is 2.35. The number of carbonyl (C=O) groups is 2. The molecule has 1 amide bonds. The molecule has 0 aromatic rings. The number of nitrogens with one attached hydrogen (secondary N) is 1. The van der Waals surface area contributed by atoms with E-state index in [9.17, 15) is 9.59 Å².